The number of rotatable bonds is 8. The fourth-order valence-electron chi connectivity index (χ4n) is 3.63. The van der Waals surface area contributed by atoms with Crippen LogP contribution in [0.5, 0.6) is 0 Å². The number of hydrogen-bond donors (Lipinski definition) is 1. The number of carboxylic acid groups (broad SMARTS) is 1. The number of nitrogens with zero attached hydrogens (tertiary/aromatic N) is 2. The monoisotopic (exact) mass is 360 g/mol. The van der Waals surface area contributed by atoms with Gasteiger partial charge in [-0.25, -0.2) is 0 Å². The fourth-order valence-corrected chi connectivity index (χ4v) is 3.63. The maximum atomic E-state index is 12.5. The summed E-state index contributed by atoms with van der Waals surface area (Å²) in [5.74, 6) is -0.548. The van der Waals surface area contributed by atoms with Crippen LogP contribution in [0.25, 0.3) is 0 Å². The van der Waals surface area contributed by atoms with E-state index in [0.29, 0.717) is 6.42 Å². The second-order valence-corrected chi connectivity index (χ2v) is 7.47. The normalized spacial score (nSPS) is 18.0. The van der Waals surface area contributed by atoms with Gasteiger partial charge in [-0.15, -0.1) is 0 Å². The standard InChI is InChI=1S/C21H32N2O3/c1-17-9-11-18(12-10-17)6-3-4-8-20(24)23-14-5-7-19(13-15-23)22(2)16-21(25)26/h9-12,19H,3-8,13-16H2,1-2H3,(H,25,26). The van der Waals surface area contributed by atoms with Crippen molar-refractivity contribution >= 4 is 11.9 Å². The highest BCUT2D eigenvalue weighted by Gasteiger charge is 2.23. The van der Waals surface area contributed by atoms with Crippen molar-refractivity contribution in [3.05, 3.63) is 35.4 Å². The zero-order valence-corrected chi connectivity index (χ0v) is 16.1. The van der Waals surface area contributed by atoms with Gasteiger partial charge >= 0.3 is 5.97 Å². The maximum absolute atomic E-state index is 12.5. The van der Waals surface area contributed by atoms with Gasteiger partial charge in [0.25, 0.3) is 0 Å². The van der Waals surface area contributed by atoms with Crippen LogP contribution < -0.4 is 0 Å². The summed E-state index contributed by atoms with van der Waals surface area (Å²) in [5.41, 5.74) is 2.61. The molecule has 0 bridgehead atoms. The van der Waals surface area contributed by atoms with E-state index >= 15 is 0 Å². The Morgan fingerprint density at radius 3 is 2.58 bits per heavy atom. The minimum atomic E-state index is -0.793. The number of likely N-dealkylation sites (tertiary alicyclic amines) is 1. The summed E-state index contributed by atoms with van der Waals surface area (Å²) in [6.07, 6.45) is 6.36. The molecule has 1 aromatic rings. The zero-order chi connectivity index (χ0) is 18.9. The average Bonchev–Trinajstić information content (AvgIpc) is 2.86. The molecule has 1 aliphatic rings. The highest BCUT2D eigenvalue weighted by molar-refractivity contribution is 5.76. The van der Waals surface area contributed by atoms with Crippen molar-refractivity contribution in [1.82, 2.24) is 9.80 Å². The van der Waals surface area contributed by atoms with Crippen LogP contribution in [0, 0.1) is 6.92 Å². The Kier molecular flexibility index (Phi) is 8.10. The van der Waals surface area contributed by atoms with Crippen molar-refractivity contribution < 1.29 is 14.7 Å². The Labute approximate surface area is 157 Å². The van der Waals surface area contributed by atoms with Gasteiger partial charge in [0.15, 0.2) is 0 Å². The first-order chi connectivity index (χ1) is 12.5. The van der Waals surface area contributed by atoms with Crippen LogP contribution in [0.2, 0.25) is 0 Å². The molecule has 0 saturated carbocycles. The van der Waals surface area contributed by atoms with Gasteiger partial charge in [-0.05, 0) is 58.1 Å². The lowest BCUT2D eigenvalue weighted by Crippen LogP contribution is -2.37. The van der Waals surface area contributed by atoms with Crippen LogP contribution >= 0.6 is 0 Å². The number of unbranched alkanes of at least 4 members (excludes halogenated alkanes) is 1. The van der Waals surface area contributed by atoms with E-state index in [1.54, 1.807) is 0 Å². The number of carbonyl (C=O) groups is 2. The number of hydrogen-bond acceptors (Lipinski definition) is 3. The first-order valence-electron chi connectivity index (χ1n) is 9.71. The minimum absolute atomic E-state index is 0.0671. The Morgan fingerprint density at radius 2 is 1.88 bits per heavy atom. The summed E-state index contributed by atoms with van der Waals surface area (Å²) in [4.78, 5) is 27.2. The quantitative estimate of drug-likeness (QED) is 0.724. The van der Waals surface area contributed by atoms with Crippen LogP contribution in [-0.2, 0) is 16.0 Å². The van der Waals surface area contributed by atoms with Crippen LogP contribution in [0.15, 0.2) is 24.3 Å². The molecule has 5 heteroatoms. The molecule has 2 rings (SSSR count). The summed E-state index contributed by atoms with van der Waals surface area (Å²) in [6.45, 7) is 3.70. The lowest BCUT2D eigenvalue weighted by molar-refractivity contribution is -0.138. The second kappa shape index (κ2) is 10.3. The molecule has 0 aromatic heterocycles. The topological polar surface area (TPSA) is 60.9 Å². The molecule has 26 heavy (non-hydrogen) atoms. The molecule has 1 amide bonds. The number of carboxylic acids is 1. The van der Waals surface area contributed by atoms with Gasteiger partial charge in [0.2, 0.25) is 5.91 Å². The summed E-state index contributed by atoms with van der Waals surface area (Å²) in [6, 6.07) is 8.86. The third kappa shape index (κ3) is 6.79. The number of amides is 1. The average molecular weight is 360 g/mol. The fraction of sp³-hybridized carbons (Fsp3) is 0.619. The van der Waals surface area contributed by atoms with Crippen molar-refractivity contribution in [2.45, 2.75) is 57.9 Å². The number of carbonyl (C=O) groups excluding carboxylic acids is 1. The largest absolute Gasteiger partial charge is 0.480 e. The molecule has 0 spiro atoms. The molecule has 144 valence electrons. The highest BCUT2D eigenvalue weighted by atomic mass is 16.4. The van der Waals surface area contributed by atoms with Crippen LogP contribution in [-0.4, -0.2) is 59.5 Å². The van der Waals surface area contributed by atoms with Gasteiger partial charge in [-0.2, -0.15) is 0 Å². The molecule has 1 aliphatic heterocycles. The lowest BCUT2D eigenvalue weighted by atomic mass is 10.1. The van der Waals surface area contributed by atoms with Crippen molar-refractivity contribution in [2.24, 2.45) is 0 Å². The van der Waals surface area contributed by atoms with Gasteiger partial charge < -0.3 is 10.0 Å². The number of benzene rings is 1. The molecular formula is C21H32N2O3. The minimum Gasteiger partial charge on any atom is -0.480 e. The van der Waals surface area contributed by atoms with E-state index < -0.39 is 5.97 Å². The molecule has 1 aromatic carbocycles. The van der Waals surface area contributed by atoms with E-state index in [-0.39, 0.29) is 18.5 Å². The van der Waals surface area contributed by atoms with E-state index in [1.807, 2.05) is 16.8 Å². The number of aryl methyl sites for hydroxylation is 2. The molecule has 1 N–H and O–H groups in total. The van der Waals surface area contributed by atoms with Crippen molar-refractivity contribution in [3.63, 3.8) is 0 Å². The lowest BCUT2D eigenvalue weighted by Gasteiger charge is -2.25. The van der Waals surface area contributed by atoms with Crippen molar-refractivity contribution in [3.8, 4) is 0 Å². The molecule has 5 nitrogen and oxygen atoms in total. The first kappa shape index (κ1) is 20.4. The third-order valence-electron chi connectivity index (χ3n) is 5.29. The van der Waals surface area contributed by atoms with E-state index in [4.69, 9.17) is 5.11 Å². The molecule has 0 aliphatic carbocycles. The molecule has 1 atom stereocenters. The van der Waals surface area contributed by atoms with Crippen LogP contribution in [0.1, 0.15) is 49.7 Å². The molecule has 1 unspecified atom stereocenters. The van der Waals surface area contributed by atoms with E-state index in [0.717, 1.165) is 51.6 Å². The summed E-state index contributed by atoms with van der Waals surface area (Å²) >= 11 is 0. The summed E-state index contributed by atoms with van der Waals surface area (Å²) < 4.78 is 0. The highest BCUT2D eigenvalue weighted by Crippen LogP contribution is 2.17. The van der Waals surface area contributed by atoms with E-state index in [1.165, 1.54) is 11.1 Å². The molecular weight excluding hydrogens is 328 g/mol. The Morgan fingerprint density at radius 1 is 1.15 bits per heavy atom. The molecule has 1 saturated heterocycles. The van der Waals surface area contributed by atoms with E-state index in [2.05, 4.69) is 31.2 Å². The van der Waals surface area contributed by atoms with Gasteiger partial charge in [-0.1, -0.05) is 29.8 Å². The second-order valence-electron chi connectivity index (χ2n) is 7.47. The first-order valence-corrected chi connectivity index (χ1v) is 9.71. The molecule has 1 fully saturated rings. The predicted molar refractivity (Wildman–Crippen MR) is 103 cm³/mol. The number of aliphatic carboxylic acids is 1. The Hall–Kier alpha value is -1.88. The number of likely N-dealkylation sites (N-methyl/N-ethyl adjacent to an activating group) is 1. The smallest absolute Gasteiger partial charge is 0.317 e. The summed E-state index contributed by atoms with van der Waals surface area (Å²) in [5, 5.41) is 8.94. The van der Waals surface area contributed by atoms with Crippen molar-refractivity contribution in [2.75, 3.05) is 26.7 Å². The SMILES string of the molecule is Cc1ccc(CCCCC(=O)N2CCCC(N(C)CC(=O)O)CC2)cc1. The third-order valence-corrected chi connectivity index (χ3v) is 5.29. The van der Waals surface area contributed by atoms with Crippen molar-refractivity contribution in [1.29, 1.82) is 0 Å². The predicted octanol–water partition coefficient (Wildman–Crippen LogP) is 3.11. The van der Waals surface area contributed by atoms with Crippen LogP contribution in [0.3, 0.4) is 0 Å². The Balaban J connectivity index is 1.69. The van der Waals surface area contributed by atoms with Gasteiger partial charge in [0, 0.05) is 25.6 Å². The Bertz CT molecular complexity index is 585. The maximum Gasteiger partial charge on any atom is 0.317 e. The van der Waals surface area contributed by atoms with Gasteiger partial charge in [0.05, 0.1) is 6.54 Å². The van der Waals surface area contributed by atoms with E-state index in [9.17, 15) is 9.59 Å². The molecule has 0 radical (unpaired) electrons. The zero-order valence-electron chi connectivity index (χ0n) is 16.1. The van der Waals surface area contributed by atoms with Gasteiger partial charge in [0.1, 0.15) is 0 Å². The summed E-state index contributed by atoms with van der Waals surface area (Å²) in [7, 11) is 1.86. The van der Waals surface area contributed by atoms with Gasteiger partial charge in [-0.3, -0.25) is 14.5 Å². The molecule has 1 heterocycles. The van der Waals surface area contributed by atoms with Crippen LogP contribution in [0.4, 0.5) is 0 Å².